The molecule has 5 nitrogen and oxygen atoms in total. The normalized spacial score (nSPS) is 36.8. The Hall–Kier alpha value is -0.170. The fourth-order valence-electron chi connectivity index (χ4n) is 2.26. The van der Waals surface area contributed by atoms with Crippen LogP contribution in [0.3, 0.4) is 0 Å². The lowest BCUT2D eigenvalue weighted by molar-refractivity contribution is 0.307. The summed E-state index contributed by atoms with van der Waals surface area (Å²) in [5, 5.41) is 1.79. The molecule has 0 bridgehead atoms. The number of sulfonamides is 1. The Morgan fingerprint density at radius 3 is 2.00 bits per heavy atom. The summed E-state index contributed by atoms with van der Waals surface area (Å²) in [6.07, 6.45) is 1.27. The monoisotopic (exact) mass is 205 g/mol. The summed E-state index contributed by atoms with van der Waals surface area (Å²) in [5.41, 5.74) is 0. The first kappa shape index (κ1) is 9.39. The van der Waals surface area contributed by atoms with E-state index in [4.69, 9.17) is 5.84 Å². The molecule has 2 unspecified atom stereocenters. The zero-order chi connectivity index (χ0) is 9.64. The smallest absolute Gasteiger partial charge is 0.211 e. The van der Waals surface area contributed by atoms with Gasteiger partial charge in [0.05, 0.1) is 6.26 Å². The van der Waals surface area contributed by atoms with Crippen molar-refractivity contribution in [1.29, 1.82) is 0 Å². The molecule has 13 heavy (non-hydrogen) atoms. The van der Waals surface area contributed by atoms with Crippen LogP contribution in [0.5, 0.6) is 0 Å². The molecule has 0 aromatic carbocycles. The number of hydrogen-bond donors (Lipinski definition) is 1. The minimum Gasteiger partial charge on any atom is -0.269 e. The van der Waals surface area contributed by atoms with Gasteiger partial charge in [0.1, 0.15) is 0 Å². The van der Waals surface area contributed by atoms with Crippen molar-refractivity contribution in [2.45, 2.75) is 0 Å². The van der Waals surface area contributed by atoms with E-state index < -0.39 is 10.0 Å². The number of rotatable bonds is 1. The second-order valence-electron chi connectivity index (χ2n) is 4.05. The van der Waals surface area contributed by atoms with Crippen LogP contribution in [0, 0.1) is 11.8 Å². The number of nitrogens with two attached hydrogens (primary N) is 1. The molecule has 0 amide bonds. The lowest BCUT2D eigenvalue weighted by Gasteiger charge is -2.16. The summed E-state index contributed by atoms with van der Waals surface area (Å²) in [4.78, 5) is 0. The maximum absolute atomic E-state index is 11.2. The summed E-state index contributed by atoms with van der Waals surface area (Å²) in [5.74, 6) is 6.53. The van der Waals surface area contributed by atoms with Crippen LogP contribution < -0.4 is 5.84 Å². The van der Waals surface area contributed by atoms with Gasteiger partial charge in [-0.3, -0.25) is 5.84 Å². The first-order valence-corrected chi connectivity index (χ1v) is 6.26. The molecule has 2 N–H and O–H groups in total. The highest BCUT2D eigenvalue weighted by atomic mass is 32.2. The fourth-order valence-corrected chi connectivity index (χ4v) is 3.18. The van der Waals surface area contributed by atoms with Gasteiger partial charge in [-0.1, -0.05) is 0 Å². The molecule has 2 atom stereocenters. The Balaban J connectivity index is 2.06. The molecule has 0 aliphatic carbocycles. The molecule has 2 fully saturated rings. The summed E-state index contributed by atoms with van der Waals surface area (Å²) >= 11 is 0. The molecule has 0 aromatic heterocycles. The van der Waals surface area contributed by atoms with Gasteiger partial charge in [-0.05, 0) is 11.8 Å². The Bertz CT molecular complexity index is 289. The van der Waals surface area contributed by atoms with Crippen LogP contribution in [-0.2, 0) is 10.0 Å². The van der Waals surface area contributed by atoms with Gasteiger partial charge < -0.3 is 0 Å². The first-order valence-electron chi connectivity index (χ1n) is 4.41. The Morgan fingerprint density at radius 2 is 1.62 bits per heavy atom. The molecular weight excluding hydrogens is 190 g/mol. The quantitative estimate of drug-likeness (QED) is 0.539. The molecule has 0 aromatic rings. The average molecular weight is 205 g/mol. The van der Waals surface area contributed by atoms with Crippen molar-refractivity contribution < 1.29 is 8.42 Å². The lowest BCUT2D eigenvalue weighted by atomic mass is 10.0. The third-order valence-electron chi connectivity index (χ3n) is 2.95. The van der Waals surface area contributed by atoms with E-state index in [1.807, 2.05) is 0 Å². The summed E-state index contributed by atoms with van der Waals surface area (Å²) in [6, 6.07) is 0. The standard InChI is InChI=1S/C7H15N3O2S/c1-13(11,12)10-4-6-2-9(8)3-7(6)5-10/h6-7H,2-5,8H2,1H3. The summed E-state index contributed by atoms with van der Waals surface area (Å²) in [7, 11) is -2.99. The topological polar surface area (TPSA) is 66.6 Å². The third kappa shape index (κ3) is 1.71. The minimum absolute atomic E-state index is 0.444. The molecule has 76 valence electrons. The van der Waals surface area contributed by atoms with Crippen molar-refractivity contribution in [3.8, 4) is 0 Å². The molecule has 2 rings (SSSR count). The van der Waals surface area contributed by atoms with E-state index >= 15 is 0 Å². The van der Waals surface area contributed by atoms with Gasteiger partial charge in [-0.15, -0.1) is 0 Å². The maximum atomic E-state index is 11.2. The highest BCUT2D eigenvalue weighted by molar-refractivity contribution is 7.88. The molecule has 0 radical (unpaired) electrons. The van der Waals surface area contributed by atoms with Crippen molar-refractivity contribution in [3.63, 3.8) is 0 Å². The molecule has 0 spiro atoms. The van der Waals surface area contributed by atoms with E-state index in [-0.39, 0.29) is 0 Å². The molecule has 6 heteroatoms. The Kier molecular flexibility index (Phi) is 2.10. The van der Waals surface area contributed by atoms with Crippen LogP contribution >= 0.6 is 0 Å². The van der Waals surface area contributed by atoms with Crippen molar-refractivity contribution in [3.05, 3.63) is 0 Å². The SMILES string of the molecule is CS(=O)(=O)N1CC2CN(N)CC2C1. The Morgan fingerprint density at radius 1 is 1.15 bits per heavy atom. The second kappa shape index (κ2) is 2.91. The number of nitrogens with zero attached hydrogens (tertiary/aromatic N) is 2. The van der Waals surface area contributed by atoms with Crippen molar-refractivity contribution >= 4 is 10.0 Å². The van der Waals surface area contributed by atoms with E-state index in [0.29, 0.717) is 24.9 Å². The summed E-state index contributed by atoms with van der Waals surface area (Å²) < 4.78 is 24.0. The van der Waals surface area contributed by atoms with E-state index in [2.05, 4.69) is 0 Å². The zero-order valence-corrected chi connectivity index (χ0v) is 8.50. The van der Waals surface area contributed by atoms with E-state index in [1.165, 1.54) is 6.26 Å². The van der Waals surface area contributed by atoms with Gasteiger partial charge in [0, 0.05) is 26.2 Å². The fraction of sp³-hybridized carbons (Fsp3) is 1.00. The Labute approximate surface area is 78.5 Å². The molecule has 2 aliphatic heterocycles. The van der Waals surface area contributed by atoms with Crippen LogP contribution in [0.2, 0.25) is 0 Å². The highest BCUT2D eigenvalue weighted by Gasteiger charge is 2.41. The first-order chi connectivity index (χ1) is 5.97. The average Bonchev–Trinajstić information content (AvgIpc) is 2.40. The van der Waals surface area contributed by atoms with Crippen LogP contribution in [0.15, 0.2) is 0 Å². The number of hydrazine groups is 1. The van der Waals surface area contributed by atoms with Gasteiger partial charge in [-0.25, -0.2) is 17.7 Å². The molecule has 2 heterocycles. The van der Waals surface area contributed by atoms with Gasteiger partial charge >= 0.3 is 0 Å². The van der Waals surface area contributed by atoms with Gasteiger partial charge in [0.15, 0.2) is 0 Å². The van der Waals surface area contributed by atoms with Crippen LogP contribution in [0.4, 0.5) is 0 Å². The number of hydrogen-bond acceptors (Lipinski definition) is 4. The van der Waals surface area contributed by atoms with Crippen LogP contribution in [0.1, 0.15) is 0 Å². The van der Waals surface area contributed by atoms with Gasteiger partial charge in [-0.2, -0.15) is 0 Å². The predicted octanol–water partition coefficient (Wildman–Crippen LogP) is -1.32. The van der Waals surface area contributed by atoms with Crippen LogP contribution in [-0.4, -0.2) is 50.2 Å². The second-order valence-corrected chi connectivity index (χ2v) is 6.04. The van der Waals surface area contributed by atoms with Crippen molar-refractivity contribution in [2.24, 2.45) is 17.7 Å². The van der Waals surface area contributed by atoms with Gasteiger partial charge in [0.25, 0.3) is 0 Å². The van der Waals surface area contributed by atoms with Crippen molar-refractivity contribution in [2.75, 3.05) is 32.4 Å². The van der Waals surface area contributed by atoms with E-state index in [1.54, 1.807) is 9.31 Å². The largest absolute Gasteiger partial charge is 0.269 e. The minimum atomic E-state index is -2.99. The van der Waals surface area contributed by atoms with Crippen molar-refractivity contribution in [1.82, 2.24) is 9.31 Å². The predicted molar refractivity (Wildman–Crippen MR) is 49.2 cm³/mol. The molecule has 0 saturated carbocycles. The third-order valence-corrected chi connectivity index (χ3v) is 4.19. The highest BCUT2D eigenvalue weighted by Crippen LogP contribution is 2.30. The molecular formula is C7H15N3O2S. The van der Waals surface area contributed by atoms with Gasteiger partial charge in [0.2, 0.25) is 10.0 Å². The lowest BCUT2D eigenvalue weighted by Crippen LogP contribution is -2.35. The van der Waals surface area contributed by atoms with E-state index in [9.17, 15) is 8.42 Å². The van der Waals surface area contributed by atoms with Crippen LogP contribution in [0.25, 0.3) is 0 Å². The summed E-state index contributed by atoms with van der Waals surface area (Å²) in [6.45, 7) is 2.96. The van der Waals surface area contributed by atoms with E-state index in [0.717, 1.165) is 13.1 Å². The number of fused-ring (bicyclic) bond motifs is 1. The maximum Gasteiger partial charge on any atom is 0.211 e. The molecule has 2 saturated heterocycles. The molecule has 2 aliphatic rings. The zero-order valence-electron chi connectivity index (χ0n) is 7.68.